The minimum atomic E-state index is -0.485. The van der Waals surface area contributed by atoms with Crippen LogP contribution >= 0.6 is 0 Å². The van der Waals surface area contributed by atoms with Gasteiger partial charge in [-0.25, -0.2) is 4.39 Å². The minimum absolute atomic E-state index is 0.156. The van der Waals surface area contributed by atoms with Crippen LogP contribution in [0.25, 0.3) is 6.08 Å². The zero-order valence-electron chi connectivity index (χ0n) is 13.1. The fourth-order valence-electron chi connectivity index (χ4n) is 2.13. The minimum Gasteiger partial charge on any atom is -0.494 e. The molecule has 0 N–H and O–H groups in total. The highest BCUT2D eigenvalue weighted by Crippen LogP contribution is 2.31. The lowest BCUT2D eigenvalue weighted by atomic mass is 10.1. The first-order valence-corrected chi connectivity index (χ1v) is 6.87. The lowest BCUT2D eigenvalue weighted by Gasteiger charge is -2.10. The maximum Gasteiger partial charge on any atom is 0.189 e. The molecule has 2 rings (SSSR count). The molecule has 0 spiro atoms. The van der Waals surface area contributed by atoms with Crippen LogP contribution in [0.2, 0.25) is 0 Å². The van der Waals surface area contributed by atoms with Crippen molar-refractivity contribution in [3.05, 3.63) is 59.4 Å². The lowest BCUT2D eigenvalue weighted by molar-refractivity contribution is 0.104. The fraction of sp³-hybridized carbons (Fsp3) is 0.167. The van der Waals surface area contributed by atoms with Gasteiger partial charge in [0.25, 0.3) is 0 Å². The van der Waals surface area contributed by atoms with E-state index in [2.05, 4.69) is 0 Å². The van der Waals surface area contributed by atoms with Crippen molar-refractivity contribution in [1.29, 1.82) is 0 Å². The summed E-state index contributed by atoms with van der Waals surface area (Å²) in [5.41, 5.74) is 0.926. The van der Waals surface area contributed by atoms with Crippen molar-refractivity contribution in [2.24, 2.45) is 0 Å². The Labute approximate surface area is 134 Å². The molecule has 0 atom stereocenters. The molecule has 0 aliphatic carbocycles. The monoisotopic (exact) mass is 316 g/mol. The molecule has 2 aromatic rings. The van der Waals surface area contributed by atoms with Crippen molar-refractivity contribution in [2.75, 3.05) is 21.3 Å². The van der Waals surface area contributed by atoms with Crippen LogP contribution in [-0.2, 0) is 0 Å². The summed E-state index contributed by atoms with van der Waals surface area (Å²) in [6, 6.07) is 9.52. The fourth-order valence-corrected chi connectivity index (χ4v) is 2.13. The van der Waals surface area contributed by atoms with Gasteiger partial charge < -0.3 is 14.2 Å². The molecule has 0 radical (unpaired) electrons. The summed E-state index contributed by atoms with van der Waals surface area (Å²) < 4.78 is 28.9. The van der Waals surface area contributed by atoms with Gasteiger partial charge >= 0.3 is 0 Å². The van der Waals surface area contributed by atoms with E-state index in [9.17, 15) is 9.18 Å². The van der Waals surface area contributed by atoms with Gasteiger partial charge in [0.05, 0.1) is 26.9 Å². The van der Waals surface area contributed by atoms with Crippen LogP contribution in [0.15, 0.2) is 42.5 Å². The van der Waals surface area contributed by atoms with E-state index in [0.29, 0.717) is 22.6 Å². The van der Waals surface area contributed by atoms with Gasteiger partial charge in [0.2, 0.25) is 0 Å². The number of rotatable bonds is 6. The number of hydrogen-bond acceptors (Lipinski definition) is 4. The lowest BCUT2D eigenvalue weighted by Crippen LogP contribution is -2.01. The average Bonchev–Trinajstić information content (AvgIpc) is 2.58. The highest BCUT2D eigenvalue weighted by molar-refractivity contribution is 6.09. The second kappa shape index (κ2) is 7.45. The van der Waals surface area contributed by atoms with Crippen LogP contribution in [-0.4, -0.2) is 27.1 Å². The third-order valence-electron chi connectivity index (χ3n) is 3.27. The second-order valence-corrected chi connectivity index (χ2v) is 4.63. The van der Waals surface area contributed by atoms with E-state index >= 15 is 0 Å². The second-order valence-electron chi connectivity index (χ2n) is 4.63. The Morgan fingerprint density at radius 3 is 2.35 bits per heavy atom. The molecule has 2 aromatic carbocycles. The Bertz CT molecular complexity index is 738. The van der Waals surface area contributed by atoms with Gasteiger partial charge in [0, 0.05) is 0 Å². The molecule has 0 bridgehead atoms. The summed E-state index contributed by atoms with van der Waals surface area (Å²) in [6.07, 6.45) is 2.89. The maximum atomic E-state index is 13.6. The Morgan fingerprint density at radius 2 is 1.74 bits per heavy atom. The first-order valence-electron chi connectivity index (χ1n) is 6.87. The zero-order chi connectivity index (χ0) is 16.8. The van der Waals surface area contributed by atoms with E-state index < -0.39 is 5.82 Å². The highest BCUT2D eigenvalue weighted by Gasteiger charge is 2.14. The van der Waals surface area contributed by atoms with Gasteiger partial charge in [-0.05, 0) is 35.9 Å². The molecule has 0 heterocycles. The summed E-state index contributed by atoms with van der Waals surface area (Å²) in [7, 11) is 4.37. The summed E-state index contributed by atoms with van der Waals surface area (Å²) in [5, 5.41) is 0. The molecular formula is C18H17FO4. The van der Waals surface area contributed by atoms with Crippen LogP contribution in [0, 0.1) is 5.82 Å². The summed E-state index contributed by atoms with van der Waals surface area (Å²) in [4.78, 5) is 12.3. The Balaban J connectivity index is 2.27. The molecule has 23 heavy (non-hydrogen) atoms. The smallest absolute Gasteiger partial charge is 0.189 e. The van der Waals surface area contributed by atoms with Crippen molar-refractivity contribution < 1.29 is 23.4 Å². The van der Waals surface area contributed by atoms with Crippen molar-refractivity contribution in [1.82, 2.24) is 0 Å². The van der Waals surface area contributed by atoms with Crippen LogP contribution in [0.3, 0.4) is 0 Å². The first kappa shape index (κ1) is 16.5. The number of carbonyl (C=O) groups is 1. The van der Waals surface area contributed by atoms with E-state index in [1.54, 1.807) is 24.3 Å². The molecule has 0 unspecified atom stereocenters. The standard InChI is InChI=1S/C18H17FO4/c1-21-16-10-8-12(11-14(16)19)7-9-15(20)13-5-4-6-17(22-2)18(13)23-3/h4-11H,1-3H3/b9-7+. The molecule has 0 aromatic heterocycles. The number of halogens is 1. The number of benzene rings is 2. The number of para-hydroxylation sites is 1. The third-order valence-corrected chi connectivity index (χ3v) is 3.27. The SMILES string of the molecule is COc1ccc(/C=C/C(=O)c2cccc(OC)c2OC)cc1F. The van der Waals surface area contributed by atoms with Gasteiger partial charge in [-0.2, -0.15) is 0 Å². The van der Waals surface area contributed by atoms with Crippen LogP contribution in [0.4, 0.5) is 4.39 Å². The highest BCUT2D eigenvalue weighted by atomic mass is 19.1. The van der Waals surface area contributed by atoms with E-state index in [1.165, 1.54) is 45.6 Å². The topological polar surface area (TPSA) is 44.8 Å². The number of ether oxygens (including phenoxy) is 3. The number of hydrogen-bond donors (Lipinski definition) is 0. The Morgan fingerprint density at radius 1 is 1.00 bits per heavy atom. The molecule has 0 aliphatic rings. The maximum absolute atomic E-state index is 13.6. The number of ketones is 1. The first-order chi connectivity index (χ1) is 11.1. The van der Waals surface area contributed by atoms with E-state index in [4.69, 9.17) is 14.2 Å². The normalized spacial score (nSPS) is 10.6. The number of methoxy groups -OCH3 is 3. The molecule has 120 valence electrons. The summed E-state index contributed by atoms with van der Waals surface area (Å²) in [5.74, 6) is 0.244. The molecule has 0 aliphatic heterocycles. The summed E-state index contributed by atoms with van der Waals surface area (Å²) >= 11 is 0. The predicted molar refractivity (Wildman–Crippen MR) is 85.9 cm³/mol. The van der Waals surface area contributed by atoms with E-state index in [1.807, 2.05) is 0 Å². The van der Waals surface area contributed by atoms with Gasteiger partial charge in [-0.3, -0.25) is 4.79 Å². The van der Waals surface area contributed by atoms with Crippen molar-refractivity contribution in [2.45, 2.75) is 0 Å². The van der Waals surface area contributed by atoms with Crippen molar-refractivity contribution in [3.8, 4) is 17.2 Å². The zero-order valence-corrected chi connectivity index (χ0v) is 13.1. The van der Waals surface area contributed by atoms with Crippen molar-refractivity contribution >= 4 is 11.9 Å². The molecule has 0 saturated carbocycles. The summed E-state index contributed by atoms with van der Waals surface area (Å²) in [6.45, 7) is 0. The van der Waals surface area contributed by atoms with Gasteiger partial charge in [-0.1, -0.05) is 18.2 Å². The largest absolute Gasteiger partial charge is 0.494 e. The van der Waals surface area contributed by atoms with E-state index in [0.717, 1.165) is 0 Å². The third kappa shape index (κ3) is 3.69. The molecule has 0 fully saturated rings. The van der Waals surface area contributed by atoms with E-state index in [-0.39, 0.29) is 11.5 Å². The van der Waals surface area contributed by atoms with Gasteiger partial charge in [0.15, 0.2) is 28.8 Å². The predicted octanol–water partition coefficient (Wildman–Crippen LogP) is 3.75. The quantitative estimate of drug-likeness (QED) is 0.601. The van der Waals surface area contributed by atoms with Crippen LogP contribution < -0.4 is 14.2 Å². The molecule has 4 nitrogen and oxygen atoms in total. The number of carbonyl (C=O) groups excluding carboxylic acids is 1. The Kier molecular flexibility index (Phi) is 5.36. The van der Waals surface area contributed by atoms with Gasteiger partial charge in [0.1, 0.15) is 0 Å². The van der Waals surface area contributed by atoms with Crippen LogP contribution in [0.5, 0.6) is 17.2 Å². The Hall–Kier alpha value is -2.82. The average molecular weight is 316 g/mol. The number of allylic oxidation sites excluding steroid dienone is 1. The molecule has 0 saturated heterocycles. The van der Waals surface area contributed by atoms with Gasteiger partial charge in [-0.15, -0.1) is 0 Å². The molecule has 5 heteroatoms. The van der Waals surface area contributed by atoms with Crippen LogP contribution in [0.1, 0.15) is 15.9 Å². The molecular weight excluding hydrogens is 299 g/mol. The molecule has 0 amide bonds. The van der Waals surface area contributed by atoms with Crippen molar-refractivity contribution in [3.63, 3.8) is 0 Å².